The minimum Gasteiger partial charge on any atom is -0.354 e. The molecular formula is C56H69N9O7. The Morgan fingerprint density at radius 3 is 1.78 bits per heavy atom. The smallest absolute Gasteiger partial charge is 0.243 e. The Labute approximate surface area is 422 Å². The molecule has 1 aliphatic rings. The molecule has 7 amide bonds. The van der Waals surface area contributed by atoms with Crippen molar-refractivity contribution in [2.75, 3.05) is 19.6 Å². The maximum absolute atomic E-state index is 14.3. The average molecular weight is 980 g/mol. The van der Waals surface area contributed by atoms with Crippen molar-refractivity contribution in [3.63, 3.8) is 0 Å². The number of nitrogens with zero attached hydrogens (tertiary/aromatic N) is 3. The molecule has 1 saturated heterocycles. The molecule has 5 aromatic rings. The normalized spacial score (nSPS) is 15.5. The van der Waals surface area contributed by atoms with E-state index in [4.69, 9.17) is 4.98 Å². The van der Waals surface area contributed by atoms with Gasteiger partial charge in [0.2, 0.25) is 41.4 Å². The first-order valence-electron chi connectivity index (χ1n) is 24.9. The molecule has 380 valence electrons. The molecule has 0 aliphatic carbocycles. The van der Waals surface area contributed by atoms with Gasteiger partial charge in [-0.25, -0.2) is 4.98 Å². The van der Waals surface area contributed by atoms with Gasteiger partial charge in [0.05, 0.1) is 18.6 Å². The molecule has 6 rings (SSSR count). The van der Waals surface area contributed by atoms with Crippen LogP contribution in [0.3, 0.4) is 0 Å². The molecule has 0 bridgehead atoms. The Bertz CT molecular complexity index is 2510. The van der Waals surface area contributed by atoms with Crippen LogP contribution in [0.25, 0.3) is 0 Å². The molecule has 72 heavy (non-hydrogen) atoms. The number of hydrogen-bond acceptors (Lipinski definition) is 8. The summed E-state index contributed by atoms with van der Waals surface area (Å²) in [6.45, 7) is 10.4. The van der Waals surface area contributed by atoms with E-state index in [1.54, 1.807) is 20.2 Å². The van der Waals surface area contributed by atoms with Gasteiger partial charge in [-0.1, -0.05) is 155 Å². The Balaban J connectivity index is 1.15. The molecule has 4 aromatic carbocycles. The molecule has 16 nitrogen and oxygen atoms in total. The van der Waals surface area contributed by atoms with Crippen LogP contribution in [-0.2, 0) is 51.9 Å². The minimum atomic E-state index is -1.26. The van der Waals surface area contributed by atoms with Gasteiger partial charge >= 0.3 is 0 Å². The van der Waals surface area contributed by atoms with E-state index in [9.17, 15) is 33.6 Å². The van der Waals surface area contributed by atoms with Crippen LogP contribution in [0.2, 0.25) is 0 Å². The van der Waals surface area contributed by atoms with E-state index < -0.39 is 77.7 Å². The number of carbonyl (C=O) groups is 7. The van der Waals surface area contributed by atoms with Gasteiger partial charge in [-0.2, -0.15) is 0 Å². The van der Waals surface area contributed by atoms with Gasteiger partial charge < -0.3 is 41.4 Å². The summed E-state index contributed by atoms with van der Waals surface area (Å²) in [5, 5.41) is 16.7. The highest BCUT2D eigenvalue weighted by atomic mass is 16.2. The first-order valence-corrected chi connectivity index (χ1v) is 24.9. The van der Waals surface area contributed by atoms with Crippen molar-refractivity contribution in [2.24, 2.45) is 11.8 Å². The van der Waals surface area contributed by atoms with E-state index >= 15 is 0 Å². The number of rotatable bonds is 23. The topological polar surface area (TPSA) is 213 Å². The van der Waals surface area contributed by atoms with Crippen LogP contribution in [0.4, 0.5) is 0 Å². The number of hydrogen-bond donors (Lipinski definition) is 6. The van der Waals surface area contributed by atoms with E-state index in [0.717, 1.165) is 22.3 Å². The van der Waals surface area contributed by atoms with E-state index in [0.29, 0.717) is 37.9 Å². The Kier molecular flexibility index (Phi) is 19.0. The summed E-state index contributed by atoms with van der Waals surface area (Å²) in [7, 11) is 0. The second-order valence-corrected chi connectivity index (χ2v) is 18.9. The third-order valence-electron chi connectivity index (χ3n) is 13.3. The summed E-state index contributed by atoms with van der Waals surface area (Å²) in [4.78, 5) is 101. The molecule has 0 unspecified atom stereocenters. The fourth-order valence-electron chi connectivity index (χ4n) is 9.24. The summed E-state index contributed by atoms with van der Waals surface area (Å²) in [5.74, 6) is -4.14. The third kappa shape index (κ3) is 13.4. The number of benzene rings is 4. The van der Waals surface area contributed by atoms with Crippen molar-refractivity contribution in [1.82, 2.24) is 46.4 Å². The minimum absolute atomic E-state index is 0.0949. The molecule has 6 N–H and O–H groups in total. The molecule has 1 fully saturated rings. The molecule has 16 heteroatoms. The quantitative estimate of drug-likeness (QED) is 0.0515. The maximum atomic E-state index is 14.3. The molecule has 1 aromatic heterocycles. The lowest BCUT2D eigenvalue weighted by Crippen LogP contribution is -2.58. The van der Waals surface area contributed by atoms with E-state index in [1.807, 2.05) is 146 Å². The van der Waals surface area contributed by atoms with Crippen molar-refractivity contribution in [3.05, 3.63) is 162 Å². The highest BCUT2D eigenvalue weighted by Crippen LogP contribution is 2.41. The van der Waals surface area contributed by atoms with Gasteiger partial charge in [-0.05, 0) is 60.3 Å². The first-order chi connectivity index (χ1) is 34.6. The molecule has 0 saturated carbocycles. The number of carbonyl (C=O) groups excluding carboxylic acids is 7. The van der Waals surface area contributed by atoms with Gasteiger partial charge in [0.25, 0.3) is 0 Å². The van der Waals surface area contributed by atoms with Crippen molar-refractivity contribution in [2.45, 2.75) is 109 Å². The fraction of sp³-hybridized carbons (Fsp3) is 0.393. The Hall–Kier alpha value is -7.62. The van der Waals surface area contributed by atoms with Crippen LogP contribution < -0.4 is 31.9 Å². The first kappa shape index (κ1) is 53.7. The predicted octanol–water partition coefficient (Wildman–Crippen LogP) is 4.41. The van der Waals surface area contributed by atoms with Crippen LogP contribution in [0, 0.1) is 11.8 Å². The fourth-order valence-corrected chi connectivity index (χ4v) is 9.24. The molecule has 0 spiro atoms. The summed E-state index contributed by atoms with van der Waals surface area (Å²) >= 11 is 0. The number of likely N-dealkylation sites (tertiary alicyclic amines) is 1. The standard InChI is InChI=1S/C56H69N9O7/c1-7-38(4)50(54(71)57-31-30-41-21-12-8-13-22-41)63-53(70)47-29-20-32-65(47)48(67)34-58-51(68)39(5)60-52(69)46(62-55(72)49(37(2)3)61-40(6)66)33-45-35-64(36-59-45)56(42-23-14-9-15-24-42,43-25-16-10-17-26-43)44-27-18-11-19-28-44/h8-19,21-28,35-39,46-47,49-50H,7,20,29-34H2,1-6H3,(H,57,71)(H,58,68)(H,60,69)(H,61,66)(H,62,72)(H,63,70)/t38-,39-,46-,47-,49-,50-/m0/s1. The molecule has 1 aliphatic heterocycles. The van der Waals surface area contributed by atoms with Gasteiger partial charge in [-0.15, -0.1) is 0 Å². The third-order valence-corrected chi connectivity index (χ3v) is 13.3. The highest BCUT2D eigenvalue weighted by molar-refractivity contribution is 5.96. The van der Waals surface area contributed by atoms with Gasteiger partial charge in [0.1, 0.15) is 35.7 Å². The van der Waals surface area contributed by atoms with Crippen molar-refractivity contribution in [3.8, 4) is 0 Å². The van der Waals surface area contributed by atoms with Crippen LogP contribution in [-0.4, -0.2) is 106 Å². The predicted molar refractivity (Wildman–Crippen MR) is 275 cm³/mol. The summed E-state index contributed by atoms with van der Waals surface area (Å²) in [5.41, 5.74) is 3.49. The highest BCUT2D eigenvalue weighted by Gasteiger charge is 2.40. The van der Waals surface area contributed by atoms with Crippen LogP contribution in [0.15, 0.2) is 134 Å². The second kappa shape index (κ2) is 25.5. The van der Waals surface area contributed by atoms with Gasteiger partial charge in [-0.3, -0.25) is 33.6 Å². The largest absolute Gasteiger partial charge is 0.354 e. The van der Waals surface area contributed by atoms with E-state index in [1.165, 1.54) is 18.7 Å². The van der Waals surface area contributed by atoms with E-state index in [2.05, 4.69) is 31.9 Å². The number of imidazole rings is 1. The SMILES string of the molecule is CC[C@H](C)[C@H](NC(=O)[C@@H]1CCCN1C(=O)CNC(=O)[C@H](C)NC(=O)[C@H](Cc1cn(C(c2ccccc2)(c2ccccc2)c2ccccc2)cn1)NC(=O)[C@@H](NC(C)=O)C(C)C)C(=O)NCCc1ccccc1. The van der Waals surface area contributed by atoms with E-state index in [-0.39, 0.29) is 30.7 Å². The summed E-state index contributed by atoms with van der Waals surface area (Å²) in [6.07, 6.45) is 5.66. The van der Waals surface area contributed by atoms with Gasteiger partial charge in [0, 0.05) is 32.6 Å². The van der Waals surface area contributed by atoms with Crippen LogP contribution in [0.1, 0.15) is 88.8 Å². The molecule has 2 heterocycles. The molecule has 0 radical (unpaired) electrons. The average Bonchev–Trinajstić information content (AvgIpc) is 4.08. The maximum Gasteiger partial charge on any atom is 0.243 e. The second-order valence-electron chi connectivity index (χ2n) is 18.9. The summed E-state index contributed by atoms with van der Waals surface area (Å²) in [6, 6.07) is 34.7. The molecule has 6 atom stereocenters. The van der Waals surface area contributed by atoms with Gasteiger partial charge in [0.15, 0.2) is 0 Å². The zero-order valence-corrected chi connectivity index (χ0v) is 42.1. The number of aromatic nitrogens is 2. The van der Waals surface area contributed by atoms with Crippen LogP contribution >= 0.6 is 0 Å². The van der Waals surface area contributed by atoms with Crippen molar-refractivity contribution < 1.29 is 33.6 Å². The lowest BCUT2D eigenvalue weighted by Gasteiger charge is -2.37. The lowest BCUT2D eigenvalue weighted by molar-refractivity contribution is -0.140. The number of amides is 7. The Morgan fingerprint density at radius 2 is 1.24 bits per heavy atom. The lowest BCUT2D eigenvalue weighted by atomic mass is 9.77. The zero-order valence-electron chi connectivity index (χ0n) is 42.1. The van der Waals surface area contributed by atoms with Crippen molar-refractivity contribution >= 4 is 41.4 Å². The van der Waals surface area contributed by atoms with Crippen molar-refractivity contribution in [1.29, 1.82) is 0 Å². The Morgan fingerprint density at radius 1 is 0.667 bits per heavy atom. The number of nitrogens with one attached hydrogen (secondary N) is 6. The van der Waals surface area contributed by atoms with Crippen LogP contribution in [0.5, 0.6) is 0 Å². The monoisotopic (exact) mass is 980 g/mol. The molecular weight excluding hydrogens is 911 g/mol. The summed E-state index contributed by atoms with van der Waals surface area (Å²) < 4.78 is 1.99. The zero-order chi connectivity index (χ0) is 51.8.